The predicted molar refractivity (Wildman–Crippen MR) is 71.0 cm³/mol. The highest BCUT2D eigenvalue weighted by atomic mass is 35.5. The number of aromatic nitrogens is 2. The molecule has 2 aromatic rings. The van der Waals surface area contributed by atoms with Gasteiger partial charge in [0, 0.05) is 25.4 Å². The molecule has 0 saturated carbocycles. The molecule has 0 fully saturated rings. The van der Waals surface area contributed by atoms with Crippen LogP contribution in [0.25, 0.3) is 0 Å². The molecule has 0 unspecified atom stereocenters. The van der Waals surface area contributed by atoms with Crippen molar-refractivity contribution in [3.05, 3.63) is 46.1 Å². The maximum atomic E-state index is 12.3. The van der Waals surface area contributed by atoms with Crippen molar-refractivity contribution in [2.75, 3.05) is 7.05 Å². The molecule has 0 atom stereocenters. The lowest BCUT2D eigenvalue weighted by atomic mass is 10.1. The minimum Gasteiger partial charge on any atom is -0.361 e. The third-order valence-corrected chi connectivity index (χ3v) is 3.18. The van der Waals surface area contributed by atoms with Gasteiger partial charge in [-0.1, -0.05) is 22.8 Å². The largest absolute Gasteiger partial charge is 0.361 e. The number of halogens is 1. The number of hydrogen-bond donors (Lipinski definition) is 0. The third kappa shape index (κ3) is 2.76. The monoisotopic (exact) mass is 279 g/mol. The van der Waals surface area contributed by atoms with Crippen LogP contribution in [0.5, 0.6) is 0 Å². The highest BCUT2D eigenvalue weighted by molar-refractivity contribution is 6.30. The highest BCUT2D eigenvalue weighted by Gasteiger charge is 2.21. The first-order valence-corrected chi connectivity index (χ1v) is 6.16. The van der Waals surface area contributed by atoms with Crippen molar-refractivity contribution in [3.8, 4) is 0 Å². The van der Waals surface area contributed by atoms with Crippen LogP contribution in [0, 0.1) is 13.8 Å². The fourth-order valence-corrected chi connectivity index (χ4v) is 2.02. The highest BCUT2D eigenvalue weighted by Crippen LogP contribution is 2.18. The van der Waals surface area contributed by atoms with Gasteiger partial charge in [0.05, 0.1) is 5.69 Å². The Morgan fingerprint density at radius 1 is 1.47 bits per heavy atom. The molecule has 19 heavy (non-hydrogen) atoms. The van der Waals surface area contributed by atoms with E-state index in [-0.39, 0.29) is 5.91 Å². The van der Waals surface area contributed by atoms with Gasteiger partial charge in [-0.15, -0.1) is 0 Å². The average Bonchev–Trinajstić information content (AvgIpc) is 2.71. The summed E-state index contributed by atoms with van der Waals surface area (Å²) >= 11 is 5.98. The summed E-state index contributed by atoms with van der Waals surface area (Å²) < 4.78 is 5.00. The molecule has 2 rings (SSSR count). The Bertz CT molecular complexity index is 590. The fraction of sp³-hybridized carbons (Fsp3) is 0.308. The van der Waals surface area contributed by atoms with Gasteiger partial charge in [0.1, 0.15) is 16.5 Å². The van der Waals surface area contributed by atoms with Crippen molar-refractivity contribution in [2.45, 2.75) is 20.4 Å². The topological polar surface area (TPSA) is 59.2 Å². The predicted octanol–water partition coefficient (Wildman–Crippen LogP) is 2.61. The molecule has 1 amide bonds. The number of carbonyl (C=O) groups excluding carboxylic acids is 1. The number of aryl methyl sites for hydroxylation is 2. The first-order valence-electron chi connectivity index (χ1n) is 5.78. The number of pyridine rings is 1. The maximum Gasteiger partial charge on any atom is 0.259 e. The lowest BCUT2D eigenvalue weighted by Crippen LogP contribution is -2.27. The second-order valence-corrected chi connectivity index (χ2v) is 4.67. The summed E-state index contributed by atoms with van der Waals surface area (Å²) in [6.07, 6.45) is 1.61. The Labute approximate surface area is 116 Å². The molecule has 0 saturated heterocycles. The zero-order valence-corrected chi connectivity index (χ0v) is 11.7. The normalized spacial score (nSPS) is 10.5. The van der Waals surface area contributed by atoms with Crippen LogP contribution in [-0.4, -0.2) is 28.0 Å². The van der Waals surface area contributed by atoms with Gasteiger partial charge < -0.3 is 9.42 Å². The second kappa shape index (κ2) is 5.40. The van der Waals surface area contributed by atoms with Crippen molar-refractivity contribution in [1.82, 2.24) is 15.0 Å². The van der Waals surface area contributed by atoms with Crippen molar-refractivity contribution in [1.29, 1.82) is 0 Å². The van der Waals surface area contributed by atoms with Gasteiger partial charge >= 0.3 is 0 Å². The summed E-state index contributed by atoms with van der Waals surface area (Å²) in [7, 11) is 1.71. The van der Waals surface area contributed by atoms with Crippen LogP contribution in [0.1, 0.15) is 27.4 Å². The van der Waals surface area contributed by atoms with E-state index in [4.69, 9.17) is 16.1 Å². The molecule has 0 N–H and O–H groups in total. The average molecular weight is 280 g/mol. The van der Waals surface area contributed by atoms with Crippen molar-refractivity contribution < 1.29 is 9.32 Å². The first kappa shape index (κ1) is 13.5. The van der Waals surface area contributed by atoms with Gasteiger partial charge in [0.2, 0.25) is 0 Å². The molecule has 0 aliphatic carbocycles. The van der Waals surface area contributed by atoms with Crippen molar-refractivity contribution in [3.63, 3.8) is 0 Å². The minimum atomic E-state index is -0.142. The lowest BCUT2D eigenvalue weighted by Gasteiger charge is -2.17. The van der Waals surface area contributed by atoms with E-state index in [1.54, 1.807) is 38.1 Å². The van der Waals surface area contributed by atoms with E-state index in [0.29, 0.717) is 28.7 Å². The summed E-state index contributed by atoms with van der Waals surface area (Å²) in [5, 5.41) is 4.19. The maximum absolute atomic E-state index is 12.3. The van der Waals surface area contributed by atoms with Crippen molar-refractivity contribution >= 4 is 17.5 Å². The zero-order valence-electron chi connectivity index (χ0n) is 11.0. The SMILES string of the molecule is Cc1noc(C)c1C(=O)N(C)Cc1cccnc1Cl. The van der Waals surface area contributed by atoms with Crippen molar-refractivity contribution in [2.24, 2.45) is 0 Å². The van der Waals surface area contributed by atoms with Gasteiger partial charge in [-0.25, -0.2) is 4.98 Å². The quantitative estimate of drug-likeness (QED) is 0.811. The molecule has 5 nitrogen and oxygen atoms in total. The summed E-state index contributed by atoms with van der Waals surface area (Å²) in [6.45, 7) is 3.85. The number of carbonyl (C=O) groups is 1. The molecule has 2 aromatic heterocycles. The molecule has 0 aromatic carbocycles. The smallest absolute Gasteiger partial charge is 0.259 e. The zero-order chi connectivity index (χ0) is 14.0. The van der Waals surface area contributed by atoms with Gasteiger partial charge in [-0.05, 0) is 19.9 Å². The van der Waals surface area contributed by atoms with Gasteiger partial charge in [0.15, 0.2) is 0 Å². The van der Waals surface area contributed by atoms with E-state index in [1.807, 2.05) is 6.07 Å². The van der Waals surface area contributed by atoms with Crippen LogP contribution in [0.2, 0.25) is 5.15 Å². The van der Waals surface area contributed by atoms with Crippen LogP contribution < -0.4 is 0 Å². The van der Waals surface area contributed by atoms with E-state index in [1.165, 1.54) is 0 Å². The Hall–Kier alpha value is -1.88. The van der Waals surface area contributed by atoms with Gasteiger partial charge in [-0.3, -0.25) is 4.79 Å². The van der Waals surface area contributed by atoms with Crippen LogP contribution in [0.15, 0.2) is 22.9 Å². The number of nitrogens with zero attached hydrogens (tertiary/aromatic N) is 3. The Kier molecular flexibility index (Phi) is 3.85. The molecule has 0 radical (unpaired) electrons. The number of amides is 1. The summed E-state index contributed by atoms with van der Waals surface area (Å²) in [5.74, 6) is 0.378. The van der Waals surface area contributed by atoms with E-state index >= 15 is 0 Å². The minimum absolute atomic E-state index is 0.142. The van der Waals surface area contributed by atoms with Gasteiger partial charge in [0.25, 0.3) is 5.91 Å². The summed E-state index contributed by atoms with van der Waals surface area (Å²) in [6, 6.07) is 3.63. The number of hydrogen-bond acceptors (Lipinski definition) is 4. The lowest BCUT2D eigenvalue weighted by molar-refractivity contribution is 0.0782. The molecule has 2 heterocycles. The van der Waals surface area contributed by atoms with Gasteiger partial charge in [-0.2, -0.15) is 0 Å². The first-order chi connectivity index (χ1) is 9.00. The molecular formula is C13H14ClN3O2. The molecular weight excluding hydrogens is 266 g/mol. The van der Waals surface area contributed by atoms with Crippen LogP contribution in [-0.2, 0) is 6.54 Å². The molecule has 0 aliphatic heterocycles. The van der Waals surface area contributed by atoms with Crippen LogP contribution >= 0.6 is 11.6 Å². The Morgan fingerprint density at radius 3 is 2.79 bits per heavy atom. The molecule has 0 spiro atoms. The van der Waals surface area contributed by atoms with Crippen LogP contribution in [0.3, 0.4) is 0 Å². The molecule has 0 bridgehead atoms. The third-order valence-electron chi connectivity index (χ3n) is 2.84. The Morgan fingerprint density at radius 2 is 2.21 bits per heavy atom. The molecule has 100 valence electrons. The van der Waals surface area contributed by atoms with E-state index in [0.717, 1.165) is 5.56 Å². The van der Waals surface area contributed by atoms with E-state index < -0.39 is 0 Å². The standard InChI is InChI=1S/C13H14ClN3O2/c1-8-11(9(2)19-16-8)13(18)17(3)7-10-5-4-6-15-12(10)14/h4-6H,7H2,1-3H3. The fourth-order valence-electron chi connectivity index (χ4n) is 1.84. The number of rotatable bonds is 3. The Balaban J connectivity index is 2.19. The molecule has 6 heteroatoms. The van der Waals surface area contributed by atoms with Crippen LogP contribution in [0.4, 0.5) is 0 Å². The van der Waals surface area contributed by atoms with E-state index in [9.17, 15) is 4.79 Å². The van der Waals surface area contributed by atoms with E-state index in [2.05, 4.69) is 10.1 Å². The summed E-state index contributed by atoms with van der Waals surface area (Å²) in [4.78, 5) is 17.9. The second-order valence-electron chi connectivity index (χ2n) is 4.31. The molecule has 0 aliphatic rings. The summed E-state index contributed by atoms with van der Waals surface area (Å²) in [5.41, 5.74) is 1.89.